The average Bonchev–Trinajstić information content (AvgIpc) is 2.99. The predicted molar refractivity (Wildman–Crippen MR) is 129 cm³/mol. The van der Waals surface area contributed by atoms with Crippen LogP contribution >= 0.6 is 0 Å². The van der Waals surface area contributed by atoms with E-state index in [1.165, 1.54) is 5.56 Å². The molecule has 0 spiro atoms. The largest absolute Gasteiger partial charge is 0.318 e. The van der Waals surface area contributed by atoms with Crippen LogP contribution in [0.5, 0.6) is 0 Å². The van der Waals surface area contributed by atoms with E-state index in [2.05, 4.69) is 21.2 Å². The maximum absolute atomic E-state index is 12.5. The van der Waals surface area contributed by atoms with Crippen LogP contribution in [0.1, 0.15) is 28.1 Å². The van der Waals surface area contributed by atoms with Gasteiger partial charge in [0.05, 0.1) is 18.2 Å². The van der Waals surface area contributed by atoms with Crippen molar-refractivity contribution in [1.82, 2.24) is 9.99 Å². The summed E-state index contributed by atoms with van der Waals surface area (Å²) < 4.78 is 27.7. The van der Waals surface area contributed by atoms with Gasteiger partial charge in [-0.25, -0.2) is 13.8 Å². The first-order valence-electron chi connectivity index (χ1n) is 10.2. The molecule has 3 aromatic rings. The van der Waals surface area contributed by atoms with Crippen molar-refractivity contribution < 1.29 is 13.2 Å². The lowest BCUT2D eigenvalue weighted by Gasteiger charge is -2.23. The highest BCUT2D eigenvalue weighted by Gasteiger charge is 2.22. The van der Waals surface area contributed by atoms with Crippen molar-refractivity contribution in [2.75, 3.05) is 17.1 Å². The number of carbonyl (C=O) groups excluding carboxylic acids is 1. The van der Waals surface area contributed by atoms with Gasteiger partial charge < -0.3 is 4.57 Å². The lowest BCUT2D eigenvalue weighted by Crippen LogP contribution is -2.39. The number of rotatable bonds is 7. The van der Waals surface area contributed by atoms with Gasteiger partial charge in [0.15, 0.2) is 0 Å². The average molecular weight is 453 g/mol. The zero-order valence-electron chi connectivity index (χ0n) is 19.0. The lowest BCUT2D eigenvalue weighted by atomic mass is 10.2. The molecule has 0 bridgehead atoms. The Morgan fingerprint density at radius 3 is 2.44 bits per heavy atom. The molecule has 7 nitrogen and oxygen atoms in total. The Labute approximate surface area is 189 Å². The van der Waals surface area contributed by atoms with Gasteiger partial charge in [-0.2, -0.15) is 5.10 Å². The van der Waals surface area contributed by atoms with Crippen molar-refractivity contribution in [3.63, 3.8) is 0 Å². The van der Waals surface area contributed by atoms with Crippen molar-refractivity contribution in [1.29, 1.82) is 0 Å². The van der Waals surface area contributed by atoms with Crippen molar-refractivity contribution in [3.05, 3.63) is 82.7 Å². The summed E-state index contributed by atoms with van der Waals surface area (Å²) in [6.07, 6.45) is 2.65. The van der Waals surface area contributed by atoms with E-state index in [-0.39, 0.29) is 6.54 Å². The van der Waals surface area contributed by atoms with Gasteiger partial charge in [-0.1, -0.05) is 30.3 Å². The van der Waals surface area contributed by atoms with Gasteiger partial charge in [0, 0.05) is 22.6 Å². The van der Waals surface area contributed by atoms with Crippen LogP contribution in [0.2, 0.25) is 0 Å². The number of benzene rings is 2. The molecule has 1 heterocycles. The first kappa shape index (κ1) is 23.3. The molecule has 1 N–H and O–H groups in total. The summed E-state index contributed by atoms with van der Waals surface area (Å²) in [7, 11) is -3.64. The molecule has 32 heavy (non-hydrogen) atoms. The zero-order valence-corrected chi connectivity index (χ0v) is 19.8. The van der Waals surface area contributed by atoms with Crippen LogP contribution in [0.3, 0.4) is 0 Å². The fourth-order valence-corrected chi connectivity index (χ4v) is 4.56. The number of carbonyl (C=O) groups is 1. The monoisotopic (exact) mass is 452 g/mol. The van der Waals surface area contributed by atoms with E-state index in [1.807, 2.05) is 51.1 Å². The number of hydrogen-bond donors (Lipinski definition) is 1. The third-order valence-electron chi connectivity index (χ3n) is 5.19. The highest BCUT2D eigenvalue weighted by Crippen LogP contribution is 2.22. The van der Waals surface area contributed by atoms with Gasteiger partial charge in [-0.3, -0.25) is 9.10 Å². The van der Waals surface area contributed by atoms with Crippen molar-refractivity contribution in [2.24, 2.45) is 5.10 Å². The number of nitrogens with one attached hydrogen (secondary N) is 1. The summed E-state index contributed by atoms with van der Waals surface area (Å²) in [6, 6.07) is 17.2. The molecular weight excluding hydrogens is 424 g/mol. The summed E-state index contributed by atoms with van der Waals surface area (Å²) in [5, 5.41) is 4.06. The number of aromatic nitrogens is 1. The van der Waals surface area contributed by atoms with E-state index in [9.17, 15) is 13.2 Å². The Hall–Kier alpha value is -3.39. The number of hydrogen-bond acceptors (Lipinski definition) is 4. The molecule has 0 aliphatic rings. The summed E-state index contributed by atoms with van der Waals surface area (Å²) in [5.74, 6) is -0.526. The molecule has 168 valence electrons. The molecule has 0 atom stereocenters. The molecule has 0 saturated carbocycles. The Balaban J connectivity index is 1.75. The molecule has 0 unspecified atom stereocenters. The van der Waals surface area contributed by atoms with Crippen molar-refractivity contribution in [3.8, 4) is 5.69 Å². The highest BCUT2D eigenvalue weighted by atomic mass is 32.2. The minimum atomic E-state index is -3.64. The van der Waals surface area contributed by atoms with E-state index in [4.69, 9.17) is 0 Å². The van der Waals surface area contributed by atoms with Crippen LogP contribution in [0.4, 0.5) is 5.69 Å². The van der Waals surface area contributed by atoms with Crippen LogP contribution in [-0.2, 0) is 14.8 Å². The second-order valence-electron chi connectivity index (χ2n) is 7.85. The maximum Gasteiger partial charge on any atom is 0.260 e. The van der Waals surface area contributed by atoms with Gasteiger partial charge in [-0.15, -0.1) is 0 Å². The first-order valence-corrected chi connectivity index (χ1v) is 12.0. The number of anilines is 1. The minimum Gasteiger partial charge on any atom is -0.318 e. The molecule has 1 aromatic heterocycles. The minimum absolute atomic E-state index is 0.358. The fourth-order valence-electron chi connectivity index (χ4n) is 3.65. The topological polar surface area (TPSA) is 83.8 Å². The Morgan fingerprint density at radius 1 is 1.06 bits per heavy atom. The molecule has 0 radical (unpaired) electrons. The second-order valence-corrected chi connectivity index (χ2v) is 9.76. The number of amides is 1. The molecule has 0 aliphatic carbocycles. The third kappa shape index (κ3) is 5.26. The highest BCUT2D eigenvalue weighted by molar-refractivity contribution is 7.92. The number of nitrogens with zero attached hydrogens (tertiary/aromatic N) is 3. The van der Waals surface area contributed by atoms with Crippen LogP contribution in [0, 0.1) is 27.7 Å². The van der Waals surface area contributed by atoms with Gasteiger partial charge in [0.2, 0.25) is 10.0 Å². The second kappa shape index (κ2) is 9.40. The summed E-state index contributed by atoms with van der Waals surface area (Å²) in [5.41, 5.74) is 8.80. The molecule has 8 heteroatoms. The van der Waals surface area contributed by atoms with Crippen molar-refractivity contribution >= 4 is 27.8 Å². The van der Waals surface area contributed by atoms with E-state index in [0.29, 0.717) is 5.69 Å². The third-order valence-corrected chi connectivity index (χ3v) is 6.32. The van der Waals surface area contributed by atoms with E-state index < -0.39 is 15.9 Å². The van der Waals surface area contributed by atoms with E-state index >= 15 is 0 Å². The Morgan fingerprint density at radius 2 is 1.78 bits per heavy atom. The molecular formula is C24H28N4O3S. The summed E-state index contributed by atoms with van der Waals surface area (Å²) in [4.78, 5) is 12.5. The molecule has 0 saturated heterocycles. The molecule has 2 aromatic carbocycles. The summed E-state index contributed by atoms with van der Waals surface area (Å²) >= 11 is 0. The fraction of sp³-hybridized carbons (Fsp3) is 0.250. The normalized spacial score (nSPS) is 11.7. The van der Waals surface area contributed by atoms with Crippen LogP contribution in [0.15, 0.2) is 59.7 Å². The number of para-hydroxylation sites is 1. The molecule has 1 amide bonds. The smallest absolute Gasteiger partial charge is 0.260 e. The van der Waals surface area contributed by atoms with Gasteiger partial charge >= 0.3 is 0 Å². The SMILES string of the molecule is Cc1cccc(-n2c(C)cc(/C=N\NC(=O)CN(c3ccccc3C)S(C)(=O)=O)c2C)c1. The van der Waals surface area contributed by atoms with Crippen LogP contribution in [-0.4, -0.2) is 37.9 Å². The molecule has 0 fully saturated rings. The number of sulfonamides is 1. The first-order chi connectivity index (χ1) is 15.1. The maximum atomic E-state index is 12.5. The van der Waals surface area contributed by atoms with Crippen LogP contribution < -0.4 is 9.73 Å². The van der Waals surface area contributed by atoms with Gasteiger partial charge in [0.25, 0.3) is 5.91 Å². The summed E-state index contributed by atoms with van der Waals surface area (Å²) in [6.45, 7) is 7.49. The molecule has 3 rings (SSSR count). The van der Waals surface area contributed by atoms with Gasteiger partial charge in [-0.05, 0) is 63.1 Å². The van der Waals surface area contributed by atoms with E-state index in [1.54, 1.807) is 31.3 Å². The zero-order chi connectivity index (χ0) is 23.5. The predicted octanol–water partition coefficient (Wildman–Crippen LogP) is 3.63. The van der Waals surface area contributed by atoms with Gasteiger partial charge in [0.1, 0.15) is 6.54 Å². The standard InChI is InChI=1S/C24H28N4O3S/c1-17-9-8-11-22(13-17)28-19(3)14-21(20(28)4)15-25-26-24(29)16-27(32(5,30)31)23-12-7-6-10-18(23)2/h6-15H,16H2,1-5H3,(H,26,29)/b25-15-. The van der Waals surface area contributed by atoms with Crippen molar-refractivity contribution in [2.45, 2.75) is 27.7 Å². The van der Waals surface area contributed by atoms with Crippen LogP contribution in [0.25, 0.3) is 5.69 Å². The van der Waals surface area contributed by atoms with E-state index in [0.717, 1.165) is 38.8 Å². The Kier molecular flexibility index (Phi) is 6.84. The lowest BCUT2D eigenvalue weighted by molar-refractivity contribution is -0.119. The Bertz CT molecular complexity index is 1280. The number of hydrazone groups is 1. The number of aryl methyl sites for hydroxylation is 3. The molecule has 0 aliphatic heterocycles. The quantitative estimate of drug-likeness (QED) is 0.439.